The summed E-state index contributed by atoms with van der Waals surface area (Å²) in [5, 5.41) is 0. The average molecular weight is 300 g/mol. The molecule has 1 fully saturated rings. The van der Waals surface area contributed by atoms with E-state index >= 15 is 0 Å². The Balaban J connectivity index is 1.77. The SMILES string of the molecule is CC/C=C/Oc1ccc(C2CCC(CCCCC)CC2)cc1. The fourth-order valence-corrected chi connectivity index (χ4v) is 3.51. The lowest BCUT2D eigenvalue weighted by molar-refractivity contribution is 0.302. The first kappa shape index (κ1) is 17.1. The van der Waals surface area contributed by atoms with Crippen LogP contribution < -0.4 is 4.74 Å². The highest BCUT2D eigenvalue weighted by molar-refractivity contribution is 5.30. The van der Waals surface area contributed by atoms with E-state index in [0.717, 1.165) is 24.0 Å². The molecular weight excluding hydrogens is 268 g/mol. The lowest BCUT2D eigenvalue weighted by Gasteiger charge is -2.29. The monoisotopic (exact) mass is 300 g/mol. The number of rotatable bonds is 8. The van der Waals surface area contributed by atoms with Gasteiger partial charge in [-0.3, -0.25) is 0 Å². The summed E-state index contributed by atoms with van der Waals surface area (Å²) in [6, 6.07) is 8.75. The molecule has 0 atom stereocenters. The van der Waals surface area contributed by atoms with Crippen LogP contribution in [0.5, 0.6) is 5.75 Å². The molecule has 1 heteroatoms. The molecule has 1 aliphatic carbocycles. The van der Waals surface area contributed by atoms with Crippen LogP contribution in [0.2, 0.25) is 0 Å². The van der Waals surface area contributed by atoms with Crippen molar-refractivity contribution in [3.8, 4) is 5.75 Å². The lowest BCUT2D eigenvalue weighted by Crippen LogP contribution is -2.13. The first-order chi connectivity index (χ1) is 10.8. The topological polar surface area (TPSA) is 9.23 Å². The fraction of sp³-hybridized carbons (Fsp3) is 0.619. The molecule has 122 valence electrons. The molecule has 2 rings (SSSR count). The van der Waals surface area contributed by atoms with Crippen LogP contribution in [-0.4, -0.2) is 0 Å². The minimum absolute atomic E-state index is 0.766. The smallest absolute Gasteiger partial charge is 0.126 e. The Morgan fingerprint density at radius 1 is 1.00 bits per heavy atom. The van der Waals surface area contributed by atoms with Gasteiger partial charge in [-0.05, 0) is 67.7 Å². The van der Waals surface area contributed by atoms with Gasteiger partial charge in [0, 0.05) is 0 Å². The summed E-state index contributed by atoms with van der Waals surface area (Å²) in [6.45, 7) is 4.41. The number of ether oxygens (including phenoxy) is 1. The molecule has 0 amide bonds. The van der Waals surface area contributed by atoms with E-state index in [1.54, 1.807) is 6.26 Å². The molecule has 0 N–H and O–H groups in total. The van der Waals surface area contributed by atoms with Gasteiger partial charge in [0.1, 0.15) is 5.75 Å². The maximum absolute atomic E-state index is 5.58. The van der Waals surface area contributed by atoms with E-state index in [0.29, 0.717) is 0 Å². The Morgan fingerprint density at radius 3 is 2.36 bits per heavy atom. The van der Waals surface area contributed by atoms with Crippen LogP contribution in [0.15, 0.2) is 36.6 Å². The number of allylic oxidation sites excluding steroid dienone is 1. The molecule has 1 aromatic rings. The second kappa shape index (κ2) is 9.71. The summed E-state index contributed by atoms with van der Waals surface area (Å²) in [7, 11) is 0. The maximum Gasteiger partial charge on any atom is 0.126 e. The first-order valence-electron chi connectivity index (χ1n) is 9.25. The molecule has 0 spiro atoms. The molecule has 0 unspecified atom stereocenters. The fourth-order valence-electron chi connectivity index (χ4n) is 3.51. The van der Waals surface area contributed by atoms with E-state index in [-0.39, 0.29) is 0 Å². The summed E-state index contributed by atoms with van der Waals surface area (Å²) in [5.74, 6) is 2.70. The lowest BCUT2D eigenvalue weighted by atomic mass is 9.77. The molecule has 1 aromatic carbocycles. The quantitative estimate of drug-likeness (QED) is 0.377. The Bertz CT molecular complexity index is 424. The van der Waals surface area contributed by atoms with Crippen molar-refractivity contribution in [3.63, 3.8) is 0 Å². The zero-order valence-corrected chi connectivity index (χ0v) is 14.4. The Morgan fingerprint density at radius 2 is 1.73 bits per heavy atom. The van der Waals surface area contributed by atoms with Gasteiger partial charge in [0.2, 0.25) is 0 Å². The van der Waals surface area contributed by atoms with Gasteiger partial charge in [-0.1, -0.05) is 51.7 Å². The Hall–Kier alpha value is -1.24. The zero-order valence-electron chi connectivity index (χ0n) is 14.4. The van der Waals surface area contributed by atoms with Crippen molar-refractivity contribution in [1.82, 2.24) is 0 Å². The van der Waals surface area contributed by atoms with Crippen LogP contribution >= 0.6 is 0 Å². The molecule has 1 nitrogen and oxygen atoms in total. The standard InChI is InChI=1S/C21H32O/c1-3-5-7-8-18-9-11-19(12-10-18)20-13-15-21(16-14-20)22-17-6-4-2/h6,13-19H,3-5,7-12H2,1-2H3/b17-6+. The highest BCUT2D eigenvalue weighted by Gasteiger charge is 2.21. The van der Waals surface area contributed by atoms with Gasteiger partial charge in [-0.25, -0.2) is 0 Å². The number of unbranched alkanes of at least 4 members (excludes halogenated alkanes) is 2. The molecule has 0 bridgehead atoms. The second-order valence-electron chi connectivity index (χ2n) is 6.68. The van der Waals surface area contributed by atoms with Crippen LogP contribution in [0.4, 0.5) is 0 Å². The van der Waals surface area contributed by atoms with Crippen molar-refractivity contribution < 1.29 is 4.74 Å². The van der Waals surface area contributed by atoms with Crippen molar-refractivity contribution in [3.05, 3.63) is 42.2 Å². The predicted octanol–water partition coefficient (Wildman–Crippen LogP) is 6.84. The maximum atomic E-state index is 5.58. The summed E-state index contributed by atoms with van der Waals surface area (Å²) >= 11 is 0. The number of benzene rings is 1. The predicted molar refractivity (Wildman–Crippen MR) is 95.3 cm³/mol. The van der Waals surface area contributed by atoms with Crippen LogP contribution in [0.25, 0.3) is 0 Å². The summed E-state index contributed by atoms with van der Waals surface area (Å²) in [6.07, 6.45) is 16.1. The van der Waals surface area contributed by atoms with E-state index in [4.69, 9.17) is 4.74 Å². The van der Waals surface area contributed by atoms with Crippen molar-refractivity contribution in [2.24, 2.45) is 5.92 Å². The summed E-state index contributed by atoms with van der Waals surface area (Å²) < 4.78 is 5.58. The number of hydrogen-bond acceptors (Lipinski definition) is 1. The van der Waals surface area contributed by atoms with E-state index < -0.39 is 0 Å². The van der Waals surface area contributed by atoms with E-state index in [2.05, 4.69) is 38.1 Å². The van der Waals surface area contributed by atoms with Gasteiger partial charge >= 0.3 is 0 Å². The molecule has 1 aliphatic rings. The minimum Gasteiger partial charge on any atom is -0.465 e. The molecule has 0 heterocycles. The molecule has 0 aliphatic heterocycles. The summed E-state index contributed by atoms with van der Waals surface area (Å²) in [4.78, 5) is 0. The minimum atomic E-state index is 0.766. The molecule has 0 aromatic heterocycles. The van der Waals surface area contributed by atoms with Crippen molar-refractivity contribution in [2.45, 2.75) is 77.6 Å². The highest BCUT2D eigenvalue weighted by Crippen LogP contribution is 2.38. The van der Waals surface area contributed by atoms with Crippen molar-refractivity contribution in [1.29, 1.82) is 0 Å². The normalized spacial score (nSPS) is 22.1. The Labute approximate surface area is 136 Å². The molecule has 1 saturated carbocycles. The number of hydrogen-bond donors (Lipinski definition) is 0. The van der Waals surface area contributed by atoms with Crippen molar-refractivity contribution in [2.75, 3.05) is 0 Å². The molecule has 22 heavy (non-hydrogen) atoms. The molecule has 0 radical (unpaired) electrons. The van der Waals surface area contributed by atoms with Crippen LogP contribution in [0, 0.1) is 5.92 Å². The summed E-state index contributed by atoms with van der Waals surface area (Å²) in [5.41, 5.74) is 1.50. The van der Waals surface area contributed by atoms with E-state index in [1.807, 2.05) is 6.08 Å². The van der Waals surface area contributed by atoms with E-state index in [1.165, 1.54) is 56.9 Å². The Kier molecular flexibility index (Phi) is 7.56. The largest absolute Gasteiger partial charge is 0.465 e. The first-order valence-corrected chi connectivity index (χ1v) is 9.25. The van der Waals surface area contributed by atoms with Gasteiger partial charge in [-0.15, -0.1) is 0 Å². The van der Waals surface area contributed by atoms with Gasteiger partial charge in [-0.2, -0.15) is 0 Å². The van der Waals surface area contributed by atoms with Gasteiger partial charge in [0.25, 0.3) is 0 Å². The third-order valence-corrected chi connectivity index (χ3v) is 4.95. The third kappa shape index (κ3) is 5.51. The van der Waals surface area contributed by atoms with Crippen LogP contribution in [-0.2, 0) is 0 Å². The average Bonchev–Trinajstić information content (AvgIpc) is 2.57. The molecule has 0 saturated heterocycles. The molecular formula is C21H32O. The zero-order chi connectivity index (χ0) is 15.6. The van der Waals surface area contributed by atoms with Gasteiger partial charge < -0.3 is 4.74 Å². The van der Waals surface area contributed by atoms with Gasteiger partial charge in [0.05, 0.1) is 6.26 Å². The van der Waals surface area contributed by atoms with Crippen molar-refractivity contribution >= 4 is 0 Å². The van der Waals surface area contributed by atoms with Crippen LogP contribution in [0.1, 0.15) is 83.1 Å². The third-order valence-electron chi connectivity index (χ3n) is 4.95. The highest BCUT2D eigenvalue weighted by atomic mass is 16.5. The second-order valence-corrected chi connectivity index (χ2v) is 6.68. The van der Waals surface area contributed by atoms with Crippen LogP contribution in [0.3, 0.4) is 0 Å². The van der Waals surface area contributed by atoms with E-state index in [9.17, 15) is 0 Å². The van der Waals surface area contributed by atoms with Gasteiger partial charge in [0.15, 0.2) is 0 Å².